The van der Waals surface area contributed by atoms with E-state index in [2.05, 4.69) is 10.6 Å². The minimum absolute atomic E-state index is 0.0645. The number of hydrogen-bond acceptors (Lipinski definition) is 5. The molecule has 2 aromatic rings. The molecule has 174 valence electrons. The fraction of sp³-hybridized carbons (Fsp3) is 0.333. The molecule has 0 heterocycles. The Morgan fingerprint density at radius 3 is 2.38 bits per heavy atom. The molecule has 2 rings (SSSR count). The summed E-state index contributed by atoms with van der Waals surface area (Å²) in [6.07, 6.45) is -4.59. The molecule has 0 aliphatic rings. The van der Waals surface area contributed by atoms with E-state index in [1.807, 2.05) is 0 Å². The van der Waals surface area contributed by atoms with Gasteiger partial charge in [-0.2, -0.15) is 13.2 Å². The number of thioether (sulfide) groups is 1. The van der Waals surface area contributed by atoms with Gasteiger partial charge in [0.1, 0.15) is 18.2 Å². The summed E-state index contributed by atoms with van der Waals surface area (Å²) in [5.41, 5.74) is -0.675. The molecule has 2 N–H and O–H groups in total. The van der Waals surface area contributed by atoms with Crippen molar-refractivity contribution in [2.45, 2.75) is 18.3 Å². The summed E-state index contributed by atoms with van der Waals surface area (Å²) in [5, 5.41) is 4.24. The highest BCUT2D eigenvalue weighted by molar-refractivity contribution is 8.01. The number of benzene rings is 2. The largest absolute Gasteiger partial charge is 0.489 e. The van der Waals surface area contributed by atoms with E-state index >= 15 is 0 Å². The molecule has 1 unspecified atom stereocenters. The average Bonchev–Trinajstić information content (AvgIpc) is 2.74. The van der Waals surface area contributed by atoms with Crippen molar-refractivity contribution in [1.82, 2.24) is 0 Å². The van der Waals surface area contributed by atoms with Crippen molar-refractivity contribution in [2.75, 3.05) is 36.7 Å². The van der Waals surface area contributed by atoms with Crippen LogP contribution in [0, 0.1) is 5.82 Å². The number of halogens is 4. The molecule has 0 spiro atoms. The first kappa shape index (κ1) is 25.5. The number of methoxy groups -OCH3 is 1. The van der Waals surface area contributed by atoms with Crippen molar-refractivity contribution in [3.63, 3.8) is 0 Å². The summed E-state index contributed by atoms with van der Waals surface area (Å²) in [6, 6.07) is 7.95. The number of hydrogen-bond donors (Lipinski definition) is 2. The van der Waals surface area contributed by atoms with Crippen LogP contribution in [0.2, 0.25) is 0 Å². The number of carbonyl (C=O) groups excluding carboxylic acids is 2. The molecular formula is C21H22F4N2O4S. The standard InChI is InChI=1S/C21H22F4N2O4S/c1-13(32-12-19(28)26-16-6-4-15(22)5-7-16)20(29)27-17-11-14(21(23,24)25)3-8-18(17)31-10-9-30-2/h3-8,11,13H,9-10,12H2,1-2H3,(H,26,28)(H,27,29). The lowest BCUT2D eigenvalue weighted by atomic mass is 10.1. The molecule has 0 aliphatic heterocycles. The van der Waals surface area contributed by atoms with Crippen LogP contribution in [0.15, 0.2) is 42.5 Å². The second kappa shape index (κ2) is 11.7. The van der Waals surface area contributed by atoms with E-state index < -0.39 is 34.6 Å². The summed E-state index contributed by atoms with van der Waals surface area (Å²) in [5.74, 6) is -1.48. The van der Waals surface area contributed by atoms with Crippen LogP contribution in [0.3, 0.4) is 0 Å². The molecular weight excluding hydrogens is 452 g/mol. The van der Waals surface area contributed by atoms with Crippen LogP contribution in [-0.2, 0) is 20.5 Å². The maximum Gasteiger partial charge on any atom is 0.416 e. The van der Waals surface area contributed by atoms with E-state index in [-0.39, 0.29) is 30.4 Å². The molecule has 1 atom stereocenters. The molecule has 0 aromatic heterocycles. The number of rotatable bonds is 10. The topological polar surface area (TPSA) is 76.7 Å². The minimum Gasteiger partial charge on any atom is -0.489 e. The van der Waals surface area contributed by atoms with Crippen molar-refractivity contribution < 1.29 is 36.6 Å². The first-order valence-corrected chi connectivity index (χ1v) is 10.5. The Bertz CT molecular complexity index is 923. The van der Waals surface area contributed by atoms with Crippen LogP contribution in [0.4, 0.5) is 28.9 Å². The Morgan fingerprint density at radius 1 is 1.06 bits per heavy atom. The molecule has 0 aliphatic carbocycles. The summed E-state index contributed by atoms with van der Waals surface area (Å²) >= 11 is 0.990. The Hall–Kier alpha value is -2.79. The highest BCUT2D eigenvalue weighted by Crippen LogP contribution is 2.35. The van der Waals surface area contributed by atoms with Crippen LogP contribution in [0.5, 0.6) is 5.75 Å². The van der Waals surface area contributed by atoms with Crippen LogP contribution in [0.1, 0.15) is 12.5 Å². The molecule has 6 nitrogen and oxygen atoms in total. The Balaban J connectivity index is 1.99. The van der Waals surface area contributed by atoms with Crippen molar-refractivity contribution >= 4 is 35.0 Å². The minimum atomic E-state index is -4.59. The van der Waals surface area contributed by atoms with Gasteiger partial charge in [-0.1, -0.05) is 0 Å². The molecule has 32 heavy (non-hydrogen) atoms. The molecule has 0 radical (unpaired) electrons. The molecule has 11 heteroatoms. The van der Waals surface area contributed by atoms with Crippen molar-refractivity contribution in [3.05, 3.63) is 53.8 Å². The smallest absolute Gasteiger partial charge is 0.416 e. The molecule has 0 bridgehead atoms. The van der Waals surface area contributed by atoms with Crippen LogP contribution < -0.4 is 15.4 Å². The van der Waals surface area contributed by atoms with Gasteiger partial charge in [0.2, 0.25) is 11.8 Å². The lowest BCUT2D eigenvalue weighted by molar-refractivity contribution is -0.137. The quantitative estimate of drug-likeness (QED) is 0.390. The van der Waals surface area contributed by atoms with Crippen molar-refractivity contribution in [1.29, 1.82) is 0 Å². The third-order valence-corrected chi connectivity index (χ3v) is 5.21. The maximum absolute atomic E-state index is 13.1. The van der Waals surface area contributed by atoms with Gasteiger partial charge in [0, 0.05) is 12.8 Å². The number of anilines is 2. The fourth-order valence-corrected chi connectivity index (χ4v) is 3.09. The van der Waals surface area contributed by atoms with E-state index in [0.717, 1.165) is 30.0 Å². The molecule has 0 saturated heterocycles. The van der Waals surface area contributed by atoms with Gasteiger partial charge in [0.05, 0.1) is 28.9 Å². The van der Waals surface area contributed by atoms with Crippen molar-refractivity contribution in [2.24, 2.45) is 0 Å². The number of amides is 2. The summed E-state index contributed by atoms with van der Waals surface area (Å²) in [4.78, 5) is 24.5. The molecule has 2 amide bonds. The van der Waals surface area contributed by atoms with Gasteiger partial charge in [-0.15, -0.1) is 11.8 Å². The van der Waals surface area contributed by atoms with Crippen LogP contribution in [-0.4, -0.2) is 43.1 Å². The maximum atomic E-state index is 13.1. The number of nitrogens with one attached hydrogen (secondary N) is 2. The Kier molecular flexibility index (Phi) is 9.33. The molecule has 2 aromatic carbocycles. The van der Waals surface area contributed by atoms with Crippen molar-refractivity contribution in [3.8, 4) is 5.75 Å². The third-order valence-electron chi connectivity index (χ3n) is 4.07. The van der Waals surface area contributed by atoms with E-state index in [1.165, 1.54) is 38.3 Å². The summed E-state index contributed by atoms with van der Waals surface area (Å²) in [6.45, 7) is 1.81. The predicted octanol–water partition coefficient (Wildman–Crippen LogP) is 4.57. The Morgan fingerprint density at radius 2 is 1.75 bits per heavy atom. The number of ether oxygens (including phenoxy) is 2. The van der Waals surface area contributed by atoms with Gasteiger partial charge in [0.25, 0.3) is 0 Å². The highest BCUT2D eigenvalue weighted by atomic mass is 32.2. The van der Waals surface area contributed by atoms with Gasteiger partial charge in [0.15, 0.2) is 0 Å². The summed E-state index contributed by atoms with van der Waals surface area (Å²) < 4.78 is 62.4. The normalized spacial score (nSPS) is 12.2. The van der Waals surface area contributed by atoms with Gasteiger partial charge in [-0.3, -0.25) is 9.59 Å². The zero-order valence-electron chi connectivity index (χ0n) is 17.3. The van der Waals surface area contributed by atoms with Crippen LogP contribution >= 0.6 is 11.8 Å². The van der Waals surface area contributed by atoms with Gasteiger partial charge in [-0.05, 0) is 49.4 Å². The predicted molar refractivity (Wildman–Crippen MR) is 114 cm³/mol. The lowest BCUT2D eigenvalue weighted by Gasteiger charge is -2.17. The molecule has 0 saturated carbocycles. The lowest BCUT2D eigenvalue weighted by Crippen LogP contribution is -2.25. The first-order valence-electron chi connectivity index (χ1n) is 9.41. The fourth-order valence-electron chi connectivity index (χ4n) is 2.41. The van der Waals surface area contributed by atoms with Gasteiger partial charge in [-0.25, -0.2) is 4.39 Å². The zero-order chi connectivity index (χ0) is 23.7. The second-order valence-corrected chi connectivity index (χ2v) is 7.88. The van der Waals surface area contributed by atoms with Gasteiger partial charge >= 0.3 is 6.18 Å². The average molecular weight is 474 g/mol. The summed E-state index contributed by atoms with van der Waals surface area (Å²) in [7, 11) is 1.45. The zero-order valence-corrected chi connectivity index (χ0v) is 18.1. The van der Waals surface area contributed by atoms with E-state index in [1.54, 1.807) is 0 Å². The Labute approximate surface area is 186 Å². The third kappa shape index (κ3) is 8.04. The van der Waals surface area contributed by atoms with Crippen LogP contribution in [0.25, 0.3) is 0 Å². The number of alkyl halides is 3. The van der Waals surface area contributed by atoms with Gasteiger partial charge < -0.3 is 20.1 Å². The second-order valence-electron chi connectivity index (χ2n) is 6.55. The number of carbonyl (C=O) groups is 2. The SMILES string of the molecule is COCCOc1ccc(C(F)(F)F)cc1NC(=O)C(C)SCC(=O)Nc1ccc(F)cc1. The van der Waals surface area contributed by atoms with E-state index in [0.29, 0.717) is 5.69 Å². The monoisotopic (exact) mass is 474 g/mol. The highest BCUT2D eigenvalue weighted by Gasteiger charge is 2.31. The van der Waals surface area contributed by atoms with E-state index in [4.69, 9.17) is 9.47 Å². The molecule has 0 fully saturated rings. The van der Waals surface area contributed by atoms with E-state index in [9.17, 15) is 27.2 Å². The first-order chi connectivity index (χ1) is 15.1.